The summed E-state index contributed by atoms with van der Waals surface area (Å²) in [6.07, 6.45) is 4.53. The van der Waals surface area contributed by atoms with Gasteiger partial charge in [0, 0.05) is 5.56 Å². The molecule has 0 saturated heterocycles. The number of nitrogens with two attached hydrogens (primary N) is 1. The molecule has 0 unspecified atom stereocenters. The number of nitrogen functional groups attached to an aromatic ring is 1. The van der Waals surface area contributed by atoms with E-state index in [-0.39, 0.29) is 5.54 Å². The van der Waals surface area contributed by atoms with E-state index in [2.05, 4.69) is 22.4 Å². The highest BCUT2D eigenvalue weighted by atomic mass is 35.5. The molecular weight excluding hydrogens is 262 g/mol. The molecule has 100 valence electrons. The van der Waals surface area contributed by atoms with Crippen molar-refractivity contribution in [2.75, 3.05) is 5.73 Å². The Morgan fingerprint density at radius 1 is 1.42 bits per heavy atom. The van der Waals surface area contributed by atoms with Crippen molar-refractivity contribution in [3.63, 3.8) is 0 Å². The van der Waals surface area contributed by atoms with Crippen LogP contribution in [0.1, 0.15) is 32.6 Å². The largest absolute Gasteiger partial charge is 0.398 e. The number of halogens is 1. The highest BCUT2D eigenvalue weighted by Gasteiger charge is 2.40. The molecule has 0 atom stereocenters. The minimum absolute atomic E-state index is 0.0766. The second kappa shape index (κ2) is 4.49. The van der Waals surface area contributed by atoms with E-state index in [9.17, 15) is 0 Å². The number of rotatable bonds is 3. The van der Waals surface area contributed by atoms with Gasteiger partial charge >= 0.3 is 0 Å². The predicted octanol–water partition coefficient (Wildman–Crippen LogP) is 2.86. The van der Waals surface area contributed by atoms with Gasteiger partial charge in [0.2, 0.25) is 0 Å². The maximum Gasteiger partial charge on any atom is 0.182 e. The first-order valence-corrected chi connectivity index (χ1v) is 6.88. The molecule has 2 aromatic rings. The summed E-state index contributed by atoms with van der Waals surface area (Å²) in [6.45, 7) is 2.18. The van der Waals surface area contributed by atoms with Gasteiger partial charge in [-0.1, -0.05) is 18.5 Å². The maximum atomic E-state index is 5.95. The van der Waals surface area contributed by atoms with Crippen molar-refractivity contribution in [2.24, 2.45) is 0 Å². The summed E-state index contributed by atoms with van der Waals surface area (Å²) in [6, 6.07) is 5.51. The van der Waals surface area contributed by atoms with Crippen LogP contribution in [0.25, 0.3) is 11.4 Å². The molecule has 1 aliphatic carbocycles. The Morgan fingerprint density at radius 3 is 2.79 bits per heavy atom. The van der Waals surface area contributed by atoms with Crippen LogP contribution in [0, 0.1) is 0 Å². The lowest BCUT2D eigenvalue weighted by Crippen LogP contribution is -2.41. The zero-order valence-corrected chi connectivity index (χ0v) is 11.6. The number of anilines is 1. The first-order chi connectivity index (χ1) is 9.16. The normalized spacial score (nSPS) is 17.2. The minimum atomic E-state index is 0.0766. The van der Waals surface area contributed by atoms with E-state index in [4.69, 9.17) is 17.3 Å². The molecule has 6 heteroatoms. The van der Waals surface area contributed by atoms with Crippen LogP contribution < -0.4 is 5.73 Å². The molecule has 1 aromatic carbocycles. The average Bonchev–Trinajstić information content (AvgIpc) is 2.82. The Bertz CT molecular complexity index is 597. The second-order valence-electron chi connectivity index (χ2n) is 5.08. The van der Waals surface area contributed by atoms with Crippen LogP contribution in [0.2, 0.25) is 5.02 Å². The molecule has 1 aliphatic rings. The fourth-order valence-corrected chi connectivity index (χ4v) is 2.79. The van der Waals surface area contributed by atoms with Crippen molar-refractivity contribution in [1.82, 2.24) is 20.2 Å². The molecule has 1 heterocycles. The van der Waals surface area contributed by atoms with Gasteiger partial charge in [-0.25, -0.2) is 4.68 Å². The van der Waals surface area contributed by atoms with Crippen LogP contribution in [0.3, 0.4) is 0 Å². The summed E-state index contributed by atoms with van der Waals surface area (Å²) in [5.41, 5.74) is 7.39. The van der Waals surface area contributed by atoms with Crippen molar-refractivity contribution in [2.45, 2.75) is 38.1 Å². The SMILES string of the molecule is CCC1(n2nnnc2-c2ccc(Cl)c(N)c2)CCC1. The molecule has 2 N–H and O–H groups in total. The van der Waals surface area contributed by atoms with Crippen molar-refractivity contribution in [1.29, 1.82) is 0 Å². The molecule has 0 aliphatic heterocycles. The number of hydrogen-bond acceptors (Lipinski definition) is 4. The topological polar surface area (TPSA) is 69.6 Å². The van der Waals surface area contributed by atoms with E-state index >= 15 is 0 Å². The third-order valence-corrected chi connectivity index (χ3v) is 4.46. The highest BCUT2D eigenvalue weighted by Crippen LogP contribution is 2.43. The zero-order chi connectivity index (χ0) is 13.5. The number of nitrogens with zero attached hydrogens (tertiary/aromatic N) is 4. The number of aromatic nitrogens is 4. The van der Waals surface area contributed by atoms with E-state index in [0.29, 0.717) is 10.7 Å². The van der Waals surface area contributed by atoms with Crippen LogP contribution in [-0.2, 0) is 5.54 Å². The molecule has 0 radical (unpaired) electrons. The van der Waals surface area contributed by atoms with E-state index in [1.54, 1.807) is 6.07 Å². The third-order valence-electron chi connectivity index (χ3n) is 4.12. The number of benzene rings is 1. The molecule has 5 nitrogen and oxygen atoms in total. The lowest BCUT2D eigenvalue weighted by Gasteiger charge is -2.41. The van der Waals surface area contributed by atoms with Crippen LogP contribution in [0.15, 0.2) is 18.2 Å². The third kappa shape index (κ3) is 1.89. The van der Waals surface area contributed by atoms with Gasteiger partial charge in [0.1, 0.15) is 0 Å². The Balaban J connectivity index is 2.06. The summed E-state index contributed by atoms with van der Waals surface area (Å²) in [7, 11) is 0. The van der Waals surface area contributed by atoms with E-state index in [1.165, 1.54) is 6.42 Å². The minimum Gasteiger partial charge on any atom is -0.398 e. The number of tetrazole rings is 1. The molecule has 0 spiro atoms. The molecule has 19 heavy (non-hydrogen) atoms. The Labute approximate surface area is 116 Å². The van der Waals surface area contributed by atoms with Gasteiger partial charge in [0.25, 0.3) is 0 Å². The predicted molar refractivity (Wildman–Crippen MR) is 74.8 cm³/mol. The van der Waals surface area contributed by atoms with Crippen molar-refractivity contribution >= 4 is 17.3 Å². The monoisotopic (exact) mass is 277 g/mol. The Kier molecular flexibility index (Phi) is 2.93. The summed E-state index contributed by atoms with van der Waals surface area (Å²) >= 11 is 5.95. The quantitative estimate of drug-likeness (QED) is 0.876. The van der Waals surface area contributed by atoms with Crippen LogP contribution in [0.5, 0.6) is 0 Å². The van der Waals surface area contributed by atoms with Gasteiger partial charge in [0.05, 0.1) is 16.2 Å². The maximum absolute atomic E-state index is 5.95. The second-order valence-corrected chi connectivity index (χ2v) is 5.49. The summed E-state index contributed by atoms with van der Waals surface area (Å²) in [4.78, 5) is 0. The van der Waals surface area contributed by atoms with Crippen LogP contribution in [0.4, 0.5) is 5.69 Å². The first-order valence-electron chi connectivity index (χ1n) is 6.50. The first kappa shape index (κ1) is 12.4. The number of hydrogen-bond donors (Lipinski definition) is 1. The van der Waals surface area contributed by atoms with Gasteiger partial charge in [-0.15, -0.1) is 5.10 Å². The molecule has 1 aromatic heterocycles. The van der Waals surface area contributed by atoms with E-state index in [0.717, 1.165) is 30.7 Å². The molecule has 0 amide bonds. The fraction of sp³-hybridized carbons (Fsp3) is 0.462. The standard InChI is InChI=1S/C13H16ClN5/c1-2-13(6-3-7-13)19-12(16-17-18-19)9-4-5-10(14)11(15)8-9/h4-5,8H,2-3,6-7,15H2,1H3. The van der Waals surface area contributed by atoms with Gasteiger partial charge in [-0.3, -0.25) is 0 Å². The highest BCUT2D eigenvalue weighted by molar-refractivity contribution is 6.33. The van der Waals surface area contributed by atoms with E-state index in [1.807, 2.05) is 16.8 Å². The van der Waals surface area contributed by atoms with Crippen molar-refractivity contribution in [3.05, 3.63) is 23.2 Å². The lowest BCUT2D eigenvalue weighted by molar-refractivity contribution is 0.118. The summed E-state index contributed by atoms with van der Waals surface area (Å²) < 4.78 is 1.96. The fourth-order valence-electron chi connectivity index (χ4n) is 2.67. The van der Waals surface area contributed by atoms with Crippen molar-refractivity contribution < 1.29 is 0 Å². The molecule has 0 bridgehead atoms. The smallest absolute Gasteiger partial charge is 0.182 e. The Morgan fingerprint density at radius 2 is 2.21 bits per heavy atom. The van der Waals surface area contributed by atoms with Crippen molar-refractivity contribution in [3.8, 4) is 11.4 Å². The zero-order valence-electron chi connectivity index (χ0n) is 10.8. The van der Waals surface area contributed by atoms with Gasteiger partial charge in [0.15, 0.2) is 5.82 Å². The lowest BCUT2D eigenvalue weighted by atomic mass is 9.75. The molecule has 1 saturated carbocycles. The summed E-state index contributed by atoms with van der Waals surface area (Å²) in [5, 5.41) is 12.7. The van der Waals surface area contributed by atoms with E-state index < -0.39 is 0 Å². The van der Waals surface area contributed by atoms with Gasteiger partial charge in [-0.2, -0.15) is 0 Å². The van der Waals surface area contributed by atoms with Gasteiger partial charge in [-0.05, 0) is 54.3 Å². The molecular formula is C13H16ClN5. The Hall–Kier alpha value is -1.62. The summed E-state index contributed by atoms with van der Waals surface area (Å²) in [5.74, 6) is 0.768. The molecule has 1 fully saturated rings. The van der Waals surface area contributed by atoms with Crippen LogP contribution >= 0.6 is 11.6 Å². The van der Waals surface area contributed by atoms with Crippen LogP contribution in [-0.4, -0.2) is 20.2 Å². The average molecular weight is 278 g/mol. The molecule has 3 rings (SSSR count). The van der Waals surface area contributed by atoms with Gasteiger partial charge < -0.3 is 5.73 Å².